The third kappa shape index (κ3) is 9.80. The summed E-state index contributed by atoms with van der Waals surface area (Å²) in [6.07, 6.45) is 9.91. The maximum atomic E-state index is 9.35. The summed E-state index contributed by atoms with van der Waals surface area (Å²) in [6.45, 7) is 3.39. The van der Waals surface area contributed by atoms with Crippen LogP contribution in [0.3, 0.4) is 0 Å². The molecule has 1 aromatic rings. The summed E-state index contributed by atoms with van der Waals surface area (Å²) < 4.78 is 11.3. The molecule has 0 aliphatic rings. The summed E-state index contributed by atoms with van der Waals surface area (Å²) >= 11 is 0. The van der Waals surface area contributed by atoms with Crippen molar-refractivity contribution in [2.24, 2.45) is 0 Å². The van der Waals surface area contributed by atoms with Crippen molar-refractivity contribution in [1.29, 1.82) is 0 Å². The molecule has 3 heteroatoms. The molecule has 22 heavy (non-hydrogen) atoms. The molecule has 0 bridgehead atoms. The largest absolute Gasteiger partial charge is 0.491 e. The van der Waals surface area contributed by atoms with E-state index >= 15 is 0 Å². The molecule has 1 rings (SSSR count). The molecule has 1 N–H and O–H groups in total. The molecule has 0 aliphatic heterocycles. The molecule has 3 nitrogen and oxygen atoms in total. The van der Waals surface area contributed by atoms with Crippen LogP contribution in [0.5, 0.6) is 5.75 Å². The predicted octanol–water partition coefficient (Wildman–Crippen LogP) is 4.58. The van der Waals surface area contributed by atoms with Gasteiger partial charge in [0.1, 0.15) is 12.4 Å². The van der Waals surface area contributed by atoms with Gasteiger partial charge in [-0.25, -0.2) is 0 Å². The van der Waals surface area contributed by atoms with E-state index in [9.17, 15) is 5.11 Å². The second-order valence-corrected chi connectivity index (χ2v) is 5.75. The van der Waals surface area contributed by atoms with Gasteiger partial charge in [-0.15, -0.1) is 0 Å². The number of benzene rings is 1. The van der Waals surface area contributed by atoms with Gasteiger partial charge < -0.3 is 14.6 Å². The molecule has 0 radical (unpaired) electrons. The Morgan fingerprint density at radius 1 is 0.909 bits per heavy atom. The maximum absolute atomic E-state index is 9.35. The highest BCUT2D eigenvalue weighted by molar-refractivity contribution is 5.20. The zero-order valence-electron chi connectivity index (χ0n) is 14.0. The SMILES string of the molecule is CCCCCCCCCC(CO)OCCOc1ccccc1. The van der Waals surface area contributed by atoms with Crippen molar-refractivity contribution in [2.75, 3.05) is 19.8 Å². The topological polar surface area (TPSA) is 38.7 Å². The lowest BCUT2D eigenvalue weighted by Gasteiger charge is -2.15. The van der Waals surface area contributed by atoms with E-state index in [1.54, 1.807) is 0 Å². The lowest BCUT2D eigenvalue weighted by molar-refractivity contribution is -0.00539. The fourth-order valence-electron chi connectivity index (χ4n) is 2.45. The number of hydrogen-bond acceptors (Lipinski definition) is 3. The minimum atomic E-state index is -0.0463. The second-order valence-electron chi connectivity index (χ2n) is 5.75. The summed E-state index contributed by atoms with van der Waals surface area (Å²) in [7, 11) is 0. The van der Waals surface area contributed by atoms with Crippen LogP contribution in [0.2, 0.25) is 0 Å². The van der Waals surface area contributed by atoms with Gasteiger partial charge in [-0.05, 0) is 18.6 Å². The highest BCUT2D eigenvalue weighted by atomic mass is 16.5. The van der Waals surface area contributed by atoms with Crippen molar-refractivity contribution in [3.05, 3.63) is 30.3 Å². The van der Waals surface area contributed by atoms with Gasteiger partial charge in [0.2, 0.25) is 0 Å². The van der Waals surface area contributed by atoms with Crippen molar-refractivity contribution in [3.8, 4) is 5.75 Å². The Bertz CT molecular complexity index is 340. The summed E-state index contributed by atoms with van der Waals surface area (Å²) in [6, 6.07) is 9.73. The molecule has 0 amide bonds. The summed E-state index contributed by atoms with van der Waals surface area (Å²) in [5, 5.41) is 9.35. The number of unbranched alkanes of at least 4 members (excludes halogenated alkanes) is 6. The van der Waals surface area contributed by atoms with Crippen LogP contribution in [0, 0.1) is 0 Å². The second kappa shape index (κ2) is 13.6. The van der Waals surface area contributed by atoms with Gasteiger partial charge in [0.15, 0.2) is 0 Å². The minimum absolute atomic E-state index is 0.0463. The molecule has 0 spiro atoms. The van der Waals surface area contributed by atoms with Crippen molar-refractivity contribution in [3.63, 3.8) is 0 Å². The average Bonchev–Trinajstić information content (AvgIpc) is 2.57. The van der Waals surface area contributed by atoms with Gasteiger partial charge in [-0.3, -0.25) is 0 Å². The highest BCUT2D eigenvalue weighted by Crippen LogP contribution is 2.12. The van der Waals surface area contributed by atoms with E-state index in [0.29, 0.717) is 13.2 Å². The molecule has 0 aromatic heterocycles. The van der Waals surface area contributed by atoms with Crippen LogP contribution >= 0.6 is 0 Å². The molecule has 126 valence electrons. The third-order valence-corrected chi connectivity index (χ3v) is 3.78. The van der Waals surface area contributed by atoms with Gasteiger partial charge in [-0.2, -0.15) is 0 Å². The van der Waals surface area contributed by atoms with Crippen LogP contribution in [0.15, 0.2) is 30.3 Å². The quantitative estimate of drug-likeness (QED) is 0.511. The van der Waals surface area contributed by atoms with Gasteiger partial charge in [0.25, 0.3) is 0 Å². The Morgan fingerprint density at radius 2 is 1.59 bits per heavy atom. The van der Waals surface area contributed by atoms with E-state index < -0.39 is 0 Å². The van der Waals surface area contributed by atoms with Gasteiger partial charge in [0, 0.05) is 0 Å². The van der Waals surface area contributed by atoms with Crippen LogP contribution in [-0.4, -0.2) is 31.0 Å². The van der Waals surface area contributed by atoms with Crippen molar-refractivity contribution >= 4 is 0 Å². The normalized spacial score (nSPS) is 12.3. The Kier molecular flexibility index (Phi) is 11.7. The first-order valence-electron chi connectivity index (χ1n) is 8.77. The Hall–Kier alpha value is -1.06. The number of rotatable bonds is 14. The van der Waals surface area contributed by atoms with Crippen LogP contribution in [0.4, 0.5) is 0 Å². The summed E-state index contributed by atoms with van der Waals surface area (Å²) in [5.74, 6) is 0.860. The predicted molar refractivity (Wildman–Crippen MR) is 91.4 cm³/mol. The third-order valence-electron chi connectivity index (χ3n) is 3.78. The number of aliphatic hydroxyl groups excluding tert-OH is 1. The summed E-state index contributed by atoms with van der Waals surface area (Å²) in [5.41, 5.74) is 0. The van der Waals surface area contributed by atoms with E-state index in [4.69, 9.17) is 9.47 Å². The Morgan fingerprint density at radius 3 is 2.27 bits per heavy atom. The van der Waals surface area contributed by atoms with Gasteiger partial charge >= 0.3 is 0 Å². The van der Waals surface area contributed by atoms with Gasteiger partial charge in [-0.1, -0.05) is 70.1 Å². The first-order chi connectivity index (χ1) is 10.9. The van der Waals surface area contributed by atoms with Crippen molar-refractivity contribution in [2.45, 2.75) is 64.4 Å². The first kappa shape index (κ1) is 19.0. The molecule has 0 saturated carbocycles. The molecule has 0 saturated heterocycles. The number of ether oxygens (including phenoxy) is 2. The van der Waals surface area contributed by atoms with Crippen LogP contribution < -0.4 is 4.74 Å². The van der Waals surface area contributed by atoms with Gasteiger partial charge in [0.05, 0.1) is 19.3 Å². The first-order valence-corrected chi connectivity index (χ1v) is 8.77. The van der Waals surface area contributed by atoms with Crippen molar-refractivity contribution in [1.82, 2.24) is 0 Å². The fourth-order valence-corrected chi connectivity index (χ4v) is 2.45. The molecule has 0 aliphatic carbocycles. The number of aliphatic hydroxyl groups is 1. The van der Waals surface area contributed by atoms with Crippen LogP contribution in [-0.2, 0) is 4.74 Å². The monoisotopic (exact) mass is 308 g/mol. The molecule has 1 atom stereocenters. The van der Waals surface area contributed by atoms with E-state index in [-0.39, 0.29) is 12.7 Å². The van der Waals surface area contributed by atoms with E-state index in [2.05, 4.69) is 6.92 Å². The standard InChI is InChI=1S/C19H32O3/c1-2-3-4-5-6-7-9-14-19(17-20)22-16-15-21-18-12-10-8-11-13-18/h8,10-13,19-20H,2-7,9,14-17H2,1H3. The Balaban J connectivity index is 1.97. The average molecular weight is 308 g/mol. The molecule has 0 fully saturated rings. The number of para-hydroxylation sites is 1. The van der Waals surface area contributed by atoms with Crippen LogP contribution in [0.25, 0.3) is 0 Å². The van der Waals surface area contributed by atoms with E-state index in [1.807, 2.05) is 30.3 Å². The molecular weight excluding hydrogens is 276 g/mol. The zero-order valence-corrected chi connectivity index (χ0v) is 14.0. The number of hydrogen-bond donors (Lipinski definition) is 1. The molecular formula is C19H32O3. The minimum Gasteiger partial charge on any atom is -0.491 e. The van der Waals surface area contributed by atoms with E-state index in [1.165, 1.54) is 38.5 Å². The maximum Gasteiger partial charge on any atom is 0.119 e. The lowest BCUT2D eigenvalue weighted by Crippen LogP contribution is -2.21. The molecule has 1 aromatic carbocycles. The van der Waals surface area contributed by atoms with Crippen LogP contribution in [0.1, 0.15) is 58.3 Å². The summed E-state index contributed by atoms with van der Waals surface area (Å²) in [4.78, 5) is 0. The smallest absolute Gasteiger partial charge is 0.119 e. The zero-order chi connectivity index (χ0) is 15.9. The Labute approximate surface area is 135 Å². The lowest BCUT2D eigenvalue weighted by atomic mass is 10.1. The molecule has 1 unspecified atom stereocenters. The highest BCUT2D eigenvalue weighted by Gasteiger charge is 2.07. The fraction of sp³-hybridized carbons (Fsp3) is 0.684. The van der Waals surface area contributed by atoms with E-state index in [0.717, 1.165) is 18.6 Å². The molecule has 0 heterocycles. The van der Waals surface area contributed by atoms with Crippen molar-refractivity contribution < 1.29 is 14.6 Å².